The minimum atomic E-state index is -1.09. The molecule has 7 heteroatoms. The number of aliphatic hydroxyl groups excluding tert-OH is 1. The van der Waals surface area contributed by atoms with Crippen LogP contribution in [-0.4, -0.2) is 45.9 Å². The van der Waals surface area contributed by atoms with Crippen LogP contribution >= 0.6 is 11.8 Å². The van der Waals surface area contributed by atoms with Gasteiger partial charge in [0.05, 0.1) is 6.10 Å². The number of carboxylic acids is 1. The lowest BCUT2D eigenvalue weighted by Crippen LogP contribution is -2.41. The van der Waals surface area contributed by atoms with Crippen molar-refractivity contribution in [1.82, 2.24) is 5.32 Å². The molecule has 1 amide bonds. The van der Waals surface area contributed by atoms with Crippen molar-refractivity contribution >= 4 is 23.8 Å². The van der Waals surface area contributed by atoms with E-state index in [1.54, 1.807) is 18.7 Å². The number of hydrogen-bond acceptors (Lipinski definition) is 5. The Bertz CT molecular complexity index is 481. The zero-order valence-electron chi connectivity index (χ0n) is 13.1. The number of thioether (sulfide) groups is 1. The van der Waals surface area contributed by atoms with Gasteiger partial charge in [-0.3, -0.25) is 0 Å². The van der Waals surface area contributed by atoms with Gasteiger partial charge in [-0.2, -0.15) is 11.8 Å². The molecule has 0 aliphatic rings. The molecule has 2 unspecified atom stereocenters. The molecule has 0 radical (unpaired) electrons. The van der Waals surface area contributed by atoms with Crippen LogP contribution < -0.4 is 5.32 Å². The molecule has 0 spiro atoms. The van der Waals surface area contributed by atoms with Crippen molar-refractivity contribution in [3.8, 4) is 0 Å². The number of ether oxygens (including phenoxy) is 1. The SMILES string of the molecule is CC(O)CCSCCC(NC(=O)OCc1ccccc1)C(=O)O. The van der Waals surface area contributed by atoms with Crippen molar-refractivity contribution < 1.29 is 24.5 Å². The molecule has 23 heavy (non-hydrogen) atoms. The van der Waals surface area contributed by atoms with Crippen LogP contribution in [-0.2, 0) is 16.1 Å². The Hall–Kier alpha value is -1.73. The Balaban J connectivity index is 2.28. The normalized spacial score (nSPS) is 13.1. The van der Waals surface area contributed by atoms with E-state index in [1.165, 1.54) is 0 Å². The summed E-state index contributed by atoms with van der Waals surface area (Å²) in [6.07, 6.45) is -0.131. The number of carboxylic acid groups (broad SMARTS) is 1. The molecule has 3 N–H and O–H groups in total. The molecule has 0 aromatic heterocycles. The maximum absolute atomic E-state index is 11.7. The molecule has 6 nitrogen and oxygen atoms in total. The summed E-state index contributed by atoms with van der Waals surface area (Å²) in [5.74, 6) is 0.253. The van der Waals surface area contributed by atoms with E-state index in [4.69, 9.17) is 14.9 Å². The predicted molar refractivity (Wildman–Crippen MR) is 89.4 cm³/mol. The third-order valence-electron chi connectivity index (χ3n) is 3.03. The highest BCUT2D eigenvalue weighted by molar-refractivity contribution is 7.99. The van der Waals surface area contributed by atoms with Crippen molar-refractivity contribution in [2.45, 2.75) is 38.5 Å². The molecule has 2 atom stereocenters. The summed E-state index contributed by atoms with van der Waals surface area (Å²) in [6.45, 7) is 1.81. The third kappa shape index (κ3) is 9.10. The fourth-order valence-electron chi connectivity index (χ4n) is 1.72. The minimum absolute atomic E-state index is 0.0994. The molecular formula is C16H23NO5S. The second-order valence-electron chi connectivity index (χ2n) is 5.14. The highest BCUT2D eigenvalue weighted by Gasteiger charge is 2.20. The Labute approximate surface area is 140 Å². The third-order valence-corrected chi connectivity index (χ3v) is 4.08. The highest BCUT2D eigenvalue weighted by atomic mass is 32.2. The Morgan fingerprint density at radius 1 is 1.22 bits per heavy atom. The molecular weight excluding hydrogens is 318 g/mol. The van der Waals surface area contributed by atoms with Crippen molar-refractivity contribution in [2.75, 3.05) is 11.5 Å². The molecule has 0 heterocycles. The summed E-state index contributed by atoms with van der Waals surface area (Å²) in [4.78, 5) is 22.8. The van der Waals surface area contributed by atoms with E-state index in [9.17, 15) is 9.59 Å². The minimum Gasteiger partial charge on any atom is -0.480 e. The Morgan fingerprint density at radius 2 is 1.87 bits per heavy atom. The maximum atomic E-state index is 11.7. The smallest absolute Gasteiger partial charge is 0.408 e. The molecule has 1 aromatic rings. The number of aliphatic hydroxyl groups is 1. The number of carbonyl (C=O) groups excluding carboxylic acids is 1. The first-order valence-electron chi connectivity index (χ1n) is 7.45. The summed E-state index contributed by atoms with van der Waals surface area (Å²) in [5.41, 5.74) is 0.836. The fourth-order valence-corrected chi connectivity index (χ4v) is 2.84. The lowest BCUT2D eigenvalue weighted by atomic mass is 10.2. The molecule has 0 fully saturated rings. The van der Waals surface area contributed by atoms with E-state index in [0.717, 1.165) is 11.3 Å². The zero-order valence-corrected chi connectivity index (χ0v) is 13.9. The quantitative estimate of drug-likeness (QED) is 0.565. The number of rotatable bonds is 10. The molecule has 0 aliphatic heterocycles. The molecule has 0 saturated carbocycles. The van der Waals surface area contributed by atoms with E-state index in [0.29, 0.717) is 18.6 Å². The van der Waals surface area contributed by atoms with Gasteiger partial charge in [-0.1, -0.05) is 30.3 Å². The molecule has 1 aromatic carbocycles. The lowest BCUT2D eigenvalue weighted by molar-refractivity contribution is -0.139. The Morgan fingerprint density at radius 3 is 2.48 bits per heavy atom. The van der Waals surface area contributed by atoms with Gasteiger partial charge in [0.15, 0.2) is 0 Å². The topological polar surface area (TPSA) is 95.9 Å². The highest BCUT2D eigenvalue weighted by Crippen LogP contribution is 2.09. The van der Waals surface area contributed by atoms with E-state index in [2.05, 4.69) is 5.32 Å². The first-order valence-corrected chi connectivity index (χ1v) is 8.60. The summed E-state index contributed by atoms with van der Waals surface area (Å²) in [6, 6.07) is 8.19. The van der Waals surface area contributed by atoms with E-state index in [1.807, 2.05) is 30.3 Å². The predicted octanol–water partition coefficient (Wildman–Crippen LogP) is 2.26. The van der Waals surface area contributed by atoms with Gasteiger partial charge in [-0.15, -0.1) is 0 Å². The second-order valence-corrected chi connectivity index (χ2v) is 6.36. The van der Waals surface area contributed by atoms with Crippen LogP contribution in [0.4, 0.5) is 4.79 Å². The molecule has 128 valence electrons. The van der Waals surface area contributed by atoms with Gasteiger partial charge in [-0.05, 0) is 36.8 Å². The zero-order chi connectivity index (χ0) is 17.1. The molecule has 0 saturated heterocycles. The van der Waals surface area contributed by atoms with Gasteiger partial charge < -0.3 is 20.3 Å². The van der Waals surface area contributed by atoms with Crippen molar-refractivity contribution in [2.24, 2.45) is 0 Å². The maximum Gasteiger partial charge on any atom is 0.408 e. The first kappa shape index (κ1) is 19.3. The number of hydrogen-bond donors (Lipinski definition) is 3. The van der Waals surface area contributed by atoms with Crippen LogP contribution in [0.5, 0.6) is 0 Å². The molecule has 0 bridgehead atoms. The van der Waals surface area contributed by atoms with Gasteiger partial charge in [0, 0.05) is 0 Å². The summed E-state index contributed by atoms with van der Waals surface area (Å²) in [7, 11) is 0. The lowest BCUT2D eigenvalue weighted by Gasteiger charge is -2.14. The van der Waals surface area contributed by atoms with Crippen LogP contribution in [0.2, 0.25) is 0 Å². The molecule has 0 aliphatic carbocycles. The second kappa shape index (κ2) is 10.9. The van der Waals surface area contributed by atoms with Gasteiger partial charge in [0.1, 0.15) is 12.6 Å². The van der Waals surface area contributed by atoms with Crippen LogP contribution in [0, 0.1) is 0 Å². The van der Waals surface area contributed by atoms with Crippen LogP contribution in [0.15, 0.2) is 30.3 Å². The number of carbonyl (C=O) groups is 2. The largest absolute Gasteiger partial charge is 0.480 e. The van der Waals surface area contributed by atoms with Gasteiger partial charge in [0.2, 0.25) is 0 Å². The first-order chi connectivity index (χ1) is 11.0. The van der Waals surface area contributed by atoms with Gasteiger partial charge >= 0.3 is 12.1 Å². The van der Waals surface area contributed by atoms with Gasteiger partial charge in [0.25, 0.3) is 0 Å². The average Bonchev–Trinajstić information content (AvgIpc) is 2.52. The number of benzene rings is 1. The van der Waals surface area contributed by atoms with Crippen LogP contribution in [0.25, 0.3) is 0 Å². The number of aliphatic carboxylic acids is 1. The van der Waals surface area contributed by atoms with E-state index in [-0.39, 0.29) is 12.7 Å². The molecule has 1 rings (SSSR count). The van der Waals surface area contributed by atoms with Crippen molar-refractivity contribution in [1.29, 1.82) is 0 Å². The average molecular weight is 341 g/mol. The monoisotopic (exact) mass is 341 g/mol. The standard InChI is InChI=1S/C16H23NO5S/c1-12(18)7-9-23-10-8-14(15(19)20)17-16(21)22-11-13-5-3-2-4-6-13/h2-6,12,14,18H,7-11H2,1H3,(H,17,21)(H,19,20). The Kier molecular flexibility index (Phi) is 9.16. The van der Waals surface area contributed by atoms with Crippen LogP contribution in [0.3, 0.4) is 0 Å². The van der Waals surface area contributed by atoms with E-state index >= 15 is 0 Å². The van der Waals surface area contributed by atoms with Crippen molar-refractivity contribution in [3.05, 3.63) is 35.9 Å². The number of amides is 1. The number of alkyl carbamates (subject to hydrolysis) is 1. The summed E-state index contributed by atoms with van der Waals surface area (Å²) < 4.78 is 5.01. The van der Waals surface area contributed by atoms with Crippen LogP contribution in [0.1, 0.15) is 25.3 Å². The fraction of sp³-hybridized carbons (Fsp3) is 0.500. The van der Waals surface area contributed by atoms with E-state index < -0.39 is 18.1 Å². The summed E-state index contributed by atoms with van der Waals surface area (Å²) >= 11 is 1.55. The number of nitrogens with one attached hydrogen (secondary N) is 1. The van der Waals surface area contributed by atoms with Gasteiger partial charge in [-0.25, -0.2) is 9.59 Å². The summed E-state index contributed by atoms with van der Waals surface area (Å²) in [5, 5.41) is 20.6. The van der Waals surface area contributed by atoms with Crippen molar-refractivity contribution in [3.63, 3.8) is 0 Å².